The van der Waals surface area contributed by atoms with Gasteiger partial charge < -0.3 is 15.6 Å². The molecular formula is C18H18ClN5O. The fourth-order valence-corrected chi connectivity index (χ4v) is 2.86. The number of nitrogens with zero attached hydrogens (tertiary/aromatic N) is 3. The second-order valence-electron chi connectivity index (χ2n) is 5.52. The lowest BCUT2D eigenvalue weighted by Crippen LogP contribution is -2.21. The van der Waals surface area contributed by atoms with Crippen LogP contribution in [0.2, 0.25) is 5.02 Å². The number of halogens is 1. The molecule has 0 aliphatic heterocycles. The van der Waals surface area contributed by atoms with Crippen molar-refractivity contribution in [2.45, 2.75) is 13.3 Å². The molecule has 128 valence electrons. The van der Waals surface area contributed by atoms with Crippen LogP contribution in [0.3, 0.4) is 0 Å². The number of aromatic nitrogens is 3. The molecule has 0 unspecified atom stereocenters. The Labute approximate surface area is 150 Å². The van der Waals surface area contributed by atoms with E-state index in [-0.39, 0.29) is 5.91 Å². The predicted molar refractivity (Wildman–Crippen MR) is 99.0 cm³/mol. The Morgan fingerprint density at radius 2 is 2.08 bits per heavy atom. The summed E-state index contributed by atoms with van der Waals surface area (Å²) >= 11 is 6.18. The Bertz CT molecular complexity index is 935. The molecule has 3 N–H and O–H groups in total. The van der Waals surface area contributed by atoms with Crippen LogP contribution >= 0.6 is 11.6 Å². The highest BCUT2D eigenvalue weighted by Gasteiger charge is 2.17. The third-order valence-corrected chi connectivity index (χ3v) is 4.19. The highest BCUT2D eigenvalue weighted by Crippen LogP contribution is 2.28. The van der Waals surface area contributed by atoms with Crippen molar-refractivity contribution in [3.8, 4) is 16.9 Å². The molecule has 0 saturated carbocycles. The van der Waals surface area contributed by atoms with Crippen LogP contribution in [0.15, 0.2) is 42.9 Å². The van der Waals surface area contributed by atoms with Crippen LogP contribution < -0.4 is 11.1 Å². The first-order valence-electron chi connectivity index (χ1n) is 7.84. The van der Waals surface area contributed by atoms with Crippen molar-refractivity contribution in [1.82, 2.24) is 19.9 Å². The smallest absolute Gasteiger partial charge is 0.268 e. The lowest BCUT2D eigenvalue weighted by Gasteiger charge is -2.13. The number of hydrogen-bond acceptors (Lipinski definition) is 4. The number of aryl methyl sites for hydroxylation is 1. The van der Waals surface area contributed by atoms with Crippen molar-refractivity contribution in [2.24, 2.45) is 0 Å². The lowest BCUT2D eigenvalue weighted by atomic mass is 10.1. The van der Waals surface area contributed by atoms with Gasteiger partial charge in [0.1, 0.15) is 17.8 Å². The average molecular weight is 356 g/mol. The molecule has 0 aliphatic carbocycles. The quantitative estimate of drug-likeness (QED) is 0.753. The molecule has 2 aromatic heterocycles. The van der Waals surface area contributed by atoms with Crippen molar-refractivity contribution in [3.63, 3.8) is 0 Å². The van der Waals surface area contributed by atoms with E-state index >= 15 is 0 Å². The van der Waals surface area contributed by atoms with E-state index in [1.165, 1.54) is 6.33 Å². The van der Waals surface area contributed by atoms with Gasteiger partial charge in [0.05, 0.1) is 11.4 Å². The molecule has 6 nitrogen and oxygen atoms in total. The van der Waals surface area contributed by atoms with Crippen molar-refractivity contribution >= 4 is 23.3 Å². The second kappa shape index (κ2) is 6.94. The molecule has 7 heteroatoms. The fraction of sp³-hybridized carbons (Fsp3) is 0.167. The Morgan fingerprint density at radius 3 is 2.76 bits per heavy atom. The van der Waals surface area contributed by atoms with E-state index in [0.717, 1.165) is 23.2 Å². The van der Waals surface area contributed by atoms with Crippen LogP contribution in [-0.4, -0.2) is 27.5 Å². The third-order valence-electron chi connectivity index (χ3n) is 3.95. The summed E-state index contributed by atoms with van der Waals surface area (Å²) in [4.78, 5) is 20.5. The number of anilines is 1. The van der Waals surface area contributed by atoms with E-state index in [1.807, 2.05) is 29.0 Å². The van der Waals surface area contributed by atoms with Gasteiger partial charge in [-0.2, -0.15) is 0 Å². The number of nitrogen functional groups attached to an aromatic ring is 1. The number of hydrogen-bond donors (Lipinski definition) is 2. The molecule has 0 aliphatic rings. The molecule has 25 heavy (non-hydrogen) atoms. The zero-order valence-corrected chi connectivity index (χ0v) is 14.7. The standard InChI is InChI=1S/C18H18ClN5O/c1-3-11-4-5-13(19)7-15(11)24-9-12(6-16(24)18(25)21-2)14-8-17(20)23-10-22-14/h4-10H,3H2,1-2H3,(H,21,25)(H2,20,22,23). The van der Waals surface area contributed by atoms with Gasteiger partial charge in [-0.25, -0.2) is 9.97 Å². The number of carbonyl (C=O) groups excluding carboxylic acids is 1. The van der Waals surface area contributed by atoms with Gasteiger partial charge >= 0.3 is 0 Å². The molecule has 0 saturated heterocycles. The summed E-state index contributed by atoms with van der Waals surface area (Å²) < 4.78 is 1.83. The third kappa shape index (κ3) is 3.34. The first kappa shape index (κ1) is 17.0. The first-order chi connectivity index (χ1) is 12.0. The molecular weight excluding hydrogens is 338 g/mol. The van der Waals surface area contributed by atoms with Gasteiger partial charge in [0.15, 0.2) is 0 Å². The minimum atomic E-state index is -0.199. The van der Waals surface area contributed by atoms with Gasteiger partial charge in [-0.1, -0.05) is 24.6 Å². The summed E-state index contributed by atoms with van der Waals surface area (Å²) in [5.41, 5.74) is 9.61. The van der Waals surface area contributed by atoms with E-state index < -0.39 is 0 Å². The molecule has 0 radical (unpaired) electrons. The first-order valence-corrected chi connectivity index (χ1v) is 8.22. The Morgan fingerprint density at radius 1 is 1.28 bits per heavy atom. The topological polar surface area (TPSA) is 85.8 Å². The fourth-order valence-electron chi connectivity index (χ4n) is 2.70. The maximum atomic E-state index is 12.4. The Hall–Kier alpha value is -2.86. The highest BCUT2D eigenvalue weighted by molar-refractivity contribution is 6.30. The van der Waals surface area contributed by atoms with Crippen LogP contribution in [0, 0.1) is 0 Å². The molecule has 2 heterocycles. The molecule has 1 amide bonds. The number of benzene rings is 1. The zero-order chi connectivity index (χ0) is 18.0. The largest absolute Gasteiger partial charge is 0.384 e. The summed E-state index contributed by atoms with van der Waals surface area (Å²) in [5.74, 6) is 0.173. The molecule has 3 rings (SSSR count). The van der Waals surface area contributed by atoms with Gasteiger partial charge in [0.2, 0.25) is 0 Å². The zero-order valence-electron chi connectivity index (χ0n) is 14.0. The van der Waals surface area contributed by atoms with Gasteiger partial charge in [-0.15, -0.1) is 0 Å². The number of carbonyl (C=O) groups is 1. The maximum absolute atomic E-state index is 12.4. The average Bonchev–Trinajstić information content (AvgIpc) is 3.06. The predicted octanol–water partition coefficient (Wildman–Crippen LogP) is 3.09. The van der Waals surface area contributed by atoms with Crippen molar-refractivity contribution < 1.29 is 4.79 Å². The molecule has 1 aromatic carbocycles. The summed E-state index contributed by atoms with van der Waals surface area (Å²) in [6.45, 7) is 2.06. The van der Waals surface area contributed by atoms with E-state index in [1.54, 1.807) is 19.2 Å². The molecule has 3 aromatic rings. The van der Waals surface area contributed by atoms with Crippen LogP contribution in [0.5, 0.6) is 0 Å². The minimum absolute atomic E-state index is 0.199. The van der Waals surface area contributed by atoms with Crippen molar-refractivity contribution in [3.05, 3.63) is 59.1 Å². The SMILES string of the molecule is CCc1ccc(Cl)cc1-n1cc(-c2cc(N)ncn2)cc1C(=O)NC. The van der Waals surface area contributed by atoms with Crippen LogP contribution in [-0.2, 0) is 6.42 Å². The monoisotopic (exact) mass is 355 g/mol. The van der Waals surface area contributed by atoms with Crippen LogP contribution in [0.1, 0.15) is 23.0 Å². The van der Waals surface area contributed by atoms with E-state index in [4.69, 9.17) is 17.3 Å². The summed E-state index contributed by atoms with van der Waals surface area (Å²) in [6, 6.07) is 9.12. The van der Waals surface area contributed by atoms with Crippen LogP contribution in [0.25, 0.3) is 16.9 Å². The Kier molecular flexibility index (Phi) is 4.72. The van der Waals surface area contributed by atoms with Gasteiger partial charge in [-0.3, -0.25) is 4.79 Å². The van der Waals surface area contributed by atoms with Gasteiger partial charge in [0, 0.05) is 29.9 Å². The normalized spacial score (nSPS) is 10.7. The van der Waals surface area contributed by atoms with Gasteiger partial charge in [0.25, 0.3) is 5.91 Å². The molecule has 0 fully saturated rings. The molecule has 0 atom stereocenters. The molecule has 0 spiro atoms. The minimum Gasteiger partial charge on any atom is -0.384 e. The van der Waals surface area contributed by atoms with Gasteiger partial charge in [-0.05, 0) is 30.2 Å². The second-order valence-corrected chi connectivity index (χ2v) is 5.95. The maximum Gasteiger partial charge on any atom is 0.268 e. The molecule has 0 bridgehead atoms. The highest BCUT2D eigenvalue weighted by atomic mass is 35.5. The number of nitrogens with two attached hydrogens (primary N) is 1. The van der Waals surface area contributed by atoms with Crippen molar-refractivity contribution in [1.29, 1.82) is 0 Å². The summed E-state index contributed by atoms with van der Waals surface area (Å²) in [6.07, 6.45) is 4.07. The number of rotatable bonds is 4. The number of nitrogens with one attached hydrogen (secondary N) is 1. The van der Waals surface area contributed by atoms with E-state index in [9.17, 15) is 4.79 Å². The van der Waals surface area contributed by atoms with Crippen LogP contribution in [0.4, 0.5) is 5.82 Å². The summed E-state index contributed by atoms with van der Waals surface area (Å²) in [5, 5.41) is 3.28. The van der Waals surface area contributed by atoms with Crippen molar-refractivity contribution in [2.75, 3.05) is 12.8 Å². The lowest BCUT2D eigenvalue weighted by molar-refractivity contribution is 0.0956. The Balaban J connectivity index is 2.22. The summed E-state index contributed by atoms with van der Waals surface area (Å²) in [7, 11) is 1.60. The number of amides is 1. The van der Waals surface area contributed by atoms with E-state index in [0.29, 0.717) is 22.2 Å². The van der Waals surface area contributed by atoms with E-state index in [2.05, 4.69) is 22.2 Å².